The minimum Gasteiger partial charge on any atom is -0.497 e. The molecule has 0 spiro atoms. The standard InChI is InChI=1S/C17H22N4O4/c1-25-13-4-2-12(3-5-13)6-9-21-10-15(18-19-21)14-7-8-20(17(23)24)11-16(14)22/h2-5,10,14,16,22H,6-9,11H2,1H3,(H,23,24)/t14-,16+/m0/s1. The summed E-state index contributed by atoms with van der Waals surface area (Å²) in [6.45, 7) is 1.19. The Balaban J connectivity index is 1.57. The number of carboxylic acid groups (broad SMARTS) is 1. The van der Waals surface area contributed by atoms with Gasteiger partial charge in [-0.2, -0.15) is 0 Å². The van der Waals surface area contributed by atoms with Gasteiger partial charge in [0.1, 0.15) is 5.75 Å². The molecular formula is C17H22N4O4. The molecule has 0 bridgehead atoms. The van der Waals surface area contributed by atoms with Crippen molar-refractivity contribution < 1.29 is 19.7 Å². The van der Waals surface area contributed by atoms with Crippen molar-refractivity contribution >= 4 is 6.09 Å². The van der Waals surface area contributed by atoms with E-state index in [0.29, 0.717) is 25.2 Å². The first-order valence-corrected chi connectivity index (χ1v) is 8.25. The number of aliphatic hydroxyl groups is 1. The van der Waals surface area contributed by atoms with Crippen molar-refractivity contribution in [2.24, 2.45) is 0 Å². The van der Waals surface area contributed by atoms with E-state index in [-0.39, 0.29) is 12.5 Å². The predicted octanol–water partition coefficient (Wildman–Crippen LogP) is 1.36. The fraction of sp³-hybridized carbons (Fsp3) is 0.471. The lowest BCUT2D eigenvalue weighted by Crippen LogP contribution is -2.45. The molecule has 1 saturated heterocycles. The number of methoxy groups -OCH3 is 1. The Labute approximate surface area is 145 Å². The molecule has 2 N–H and O–H groups in total. The van der Waals surface area contributed by atoms with Crippen molar-refractivity contribution in [3.8, 4) is 5.75 Å². The van der Waals surface area contributed by atoms with Crippen LogP contribution in [0.2, 0.25) is 0 Å². The first-order chi connectivity index (χ1) is 12.1. The van der Waals surface area contributed by atoms with Gasteiger partial charge in [0.15, 0.2) is 0 Å². The molecule has 1 aliphatic rings. The molecule has 0 unspecified atom stereocenters. The van der Waals surface area contributed by atoms with Crippen LogP contribution >= 0.6 is 0 Å². The predicted molar refractivity (Wildman–Crippen MR) is 89.7 cm³/mol. The third-order valence-corrected chi connectivity index (χ3v) is 4.58. The molecule has 2 atom stereocenters. The minimum absolute atomic E-state index is 0.110. The first kappa shape index (κ1) is 17.2. The number of amides is 1. The largest absolute Gasteiger partial charge is 0.497 e. The van der Waals surface area contributed by atoms with Gasteiger partial charge in [-0.15, -0.1) is 5.10 Å². The van der Waals surface area contributed by atoms with E-state index in [1.165, 1.54) is 10.5 Å². The second kappa shape index (κ2) is 7.52. The van der Waals surface area contributed by atoms with E-state index in [4.69, 9.17) is 9.84 Å². The molecule has 1 aliphatic heterocycles. The van der Waals surface area contributed by atoms with E-state index in [1.807, 2.05) is 30.5 Å². The van der Waals surface area contributed by atoms with Crippen LogP contribution in [-0.2, 0) is 13.0 Å². The Morgan fingerprint density at radius 3 is 2.76 bits per heavy atom. The molecule has 1 amide bonds. The van der Waals surface area contributed by atoms with Gasteiger partial charge in [0.2, 0.25) is 0 Å². The maximum atomic E-state index is 11.0. The summed E-state index contributed by atoms with van der Waals surface area (Å²) in [4.78, 5) is 12.2. The molecule has 25 heavy (non-hydrogen) atoms. The molecule has 0 radical (unpaired) electrons. The highest BCUT2D eigenvalue weighted by molar-refractivity contribution is 5.65. The highest BCUT2D eigenvalue weighted by Gasteiger charge is 2.32. The molecule has 2 heterocycles. The van der Waals surface area contributed by atoms with Crippen molar-refractivity contribution in [1.82, 2.24) is 19.9 Å². The Kier molecular flexibility index (Phi) is 5.18. The maximum Gasteiger partial charge on any atom is 0.407 e. The van der Waals surface area contributed by atoms with E-state index in [9.17, 15) is 9.90 Å². The maximum absolute atomic E-state index is 11.0. The zero-order chi connectivity index (χ0) is 17.8. The summed E-state index contributed by atoms with van der Waals surface area (Å²) in [5.74, 6) is 0.652. The van der Waals surface area contributed by atoms with Crippen molar-refractivity contribution in [1.29, 1.82) is 0 Å². The Morgan fingerprint density at radius 1 is 1.36 bits per heavy atom. The number of hydrogen-bond donors (Lipinski definition) is 2. The van der Waals surface area contributed by atoms with Gasteiger partial charge in [0.05, 0.1) is 25.5 Å². The number of aromatic nitrogens is 3. The van der Waals surface area contributed by atoms with Crippen LogP contribution in [0.25, 0.3) is 0 Å². The number of aliphatic hydroxyl groups excluding tert-OH is 1. The summed E-state index contributed by atoms with van der Waals surface area (Å²) in [7, 11) is 1.64. The lowest BCUT2D eigenvalue weighted by Gasteiger charge is -2.33. The molecule has 134 valence electrons. The van der Waals surface area contributed by atoms with Crippen LogP contribution in [0, 0.1) is 0 Å². The number of aryl methyl sites for hydroxylation is 2. The molecule has 1 fully saturated rings. The molecule has 8 heteroatoms. The second-order valence-corrected chi connectivity index (χ2v) is 6.20. The third kappa shape index (κ3) is 4.08. The van der Waals surface area contributed by atoms with Crippen molar-refractivity contribution in [3.63, 3.8) is 0 Å². The van der Waals surface area contributed by atoms with E-state index in [2.05, 4.69) is 10.3 Å². The normalized spacial score (nSPS) is 20.5. The molecule has 2 aromatic rings. The molecular weight excluding hydrogens is 324 g/mol. The number of nitrogens with zero attached hydrogens (tertiary/aromatic N) is 4. The highest BCUT2D eigenvalue weighted by Crippen LogP contribution is 2.27. The van der Waals surface area contributed by atoms with Crippen LogP contribution in [0.5, 0.6) is 5.75 Å². The number of piperidine rings is 1. The van der Waals surface area contributed by atoms with E-state index in [1.54, 1.807) is 11.8 Å². The van der Waals surface area contributed by atoms with E-state index in [0.717, 1.165) is 12.2 Å². The number of hydrogen-bond acceptors (Lipinski definition) is 5. The monoisotopic (exact) mass is 346 g/mol. The molecule has 8 nitrogen and oxygen atoms in total. The van der Waals surface area contributed by atoms with Gasteiger partial charge in [0, 0.05) is 25.2 Å². The highest BCUT2D eigenvalue weighted by atomic mass is 16.5. The Morgan fingerprint density at radius 2 is 2.12 bits per heavy atom. The zero-order valence-electron chi connectivity index (χ0n) is 14.1. The fourth-order valence-corrected chi connectivity index (χ4v) is 3.08. The third-order valence-electron chi connectivity index (χ3n) is 4.58. The SMILES string of the molecule is COc1ccc(CCn2cc([C@@H]3CCN(C(=O)O)C[C@H]3O)nn2)cc1. The molecule has 3 rings (SSSR count). The number of rotatable bonds is 5. The Bertz CT molecular complexity index is 716. The molecule has 0 aliphatic carbocycles. The van der Waals surface area contributed by atoms with Crippen molar-refractivity contribution in [2.45, 2.75) is 31.4 Å². The van der Waals surface area contributed by atoms with Gasteiger partial charge in [-0.1, -0.05) is 17.3 Å². The van der Waals surface area contributed by atoms with Gasteiger partial charge >= 0.3 is 6.09 Å². The van der Waals surface area contributed by atoms with Gasteiger partial charge in [-0.05, 0) is 30.5 Å². The minimum atomic E-state index is -0.999. The number of likely N-dealkylation sites (tertiary alicyclic amines) is 1. The number of carbonyl (C=O) groups is 1. The van der Waals surface area contributed by atoms with Crippen LogP contribution in [0.15, 0.2) is 30.5 Å². The van der Waals surface area contributed by atoms with Crippen LogP contribution in [0.1, 0.15) is 23.6 Å². The van der Waals surface area contributed by atoms with Crippen molar-refractivity contribution in [3.05, 3.63) is 41.7 Å². The summed E-state index contributed by atoms with van der Waals surface area (Å²) in [5.41, 5.74) is 1.89. The van der Waals surface area contributed by atoms with Gasteiger partial charge in [0.25, 0.3) is 0 Å². The quantitative estimate of drug-likeness (QED) is 0.848. The Hall–Kier alpha value is -2.61. The van der Waals surface area contributed by atoms with Crippen LogP contribution in [0.4, 0.5) is 4.79 Å². The number of benzene rings is 1. The smallest absolute Gasteiger partial charge is 0.407 e. The van der Waals surface area contributed by atoms with E-state index >= 15 is 0 Å². The van der Waals surface area contributed by atoms with Crippen LogP contribution in [0.3, 0.4) is 0 Å². The summed E-state index contributed by atoms with van der Waals surface area (Å²) in [6.07, 6.45) is 1.45. The van der Waals surface area contributed by atoms with Gasteiger partial charge in [-0.3, -0.25) is 4.68 Å². The van der Waals surface area contributed by atoms with Crippen LogP contribution < -0.4 is 4.74 Å². The molecule has 1 aromatic heterocycles. The lowest BCUT2D eigenvalue weighted by molar-refractivity contribution is 0.0493. The summed E-state index contributed by atoms with van der Waals surface area (Å²) >= 11 is 0. The number of ether oxygens (including phenoxy) is 1. The van der Waals surface area contributed by atoms with Crippen molar-refractivity contribution in [2.75, 3.05) is 20.2 Å². The fourth-order valence-electron chi connectivity index (χ4n) is 3.08. The number of β-amino-alcohol motifs (C(OH)–C–C–N with tert-alkyl or cyclic N) is 1. The van der Waals surface area contributed by atoms with Gasteiger partial charge in [-0.25, -0.2) is 4.79 Å². The lowest BCUT2D eigenvalue weighted by atomic mass is 9.91. The van der Waals surface area contributed by atoms with Gasteiger partial charge < -0.3 is 19.8 Å². The average Bonchev–Trinajstić information content (AvgIpc) is 3.09. The topological polar surface area (TPSA) is 101 Å². The molecule has 0 saturated carbocycles. The average molecular weight is 346 g/mol. The second-order valence-electron chi connectivity index (χ2n) is 6.20. The van der Waals surface area contributed by atoms with Crippen LogP contribution in [-0.4, -0.2) is 62.5 Å². The molecule has 1 aromatic carbocycles. The first-order valence-electron chi connectivity index (χ1n) is 8.25. The van der Waals surface area contributed by atoms with E-state index < -0.39 is 12.2 Å². The summed E-state index contributed by atoms with van der Waals surface area (Å²) < 4.78 is 6.90. The summed E-state index contributed by atoms with van der Waals surface area (Å²) in [6, 6.07) is 7.88. The summed E-state index contributed by atoms with van der Waals surface area (Å²) in [5, 5.41) is 27.5. The zero-order valence-corrected chi connectivity index (χ0v) is 14.1.